The Balaban J connectivity index is 1.51. The molecule has 0 aliphatic carbocycles. The molecule has 0 radical (unpaired) electrons. The fourth-order valence-corrected chi connectivity index (χ4v) is 4.40. The van der Waals surface area contributed by atoms with Gasteiger partial charge in [0.25, 0.3) is 5.91 Å². The number of nitrogens with zero attached hydrogens (tertiary/aromatic N) is 1. The van der Waals surface area contributed by atoms with Crippen LogP contribution in [0.25, 0.3) is 10.8 Å². The van der Waals surface area contributed by atoms with Crippen molar-refractivity contribution in [1.29, 1.82) is 0 Å². The van der Waals surface area contributed by atoms with Crippen molar-refractivity contribution < 1.29 is 19.1 Å². The molecule has 1 amide bonds. The summed E-state index contributed by atoms with van der Waals surface area (Å²) in [6.07, 6.45) is -0.364. The molecule has 0 spiro atoms. The van der Waals surface area contributed by atoms with Gasteiger partial charge in [0.05, 0.1) is 18.7 Å². The van der Waals surface area contributed by atoms with Gasteiger partial charge < -0.3 is 10.0 Å². The van der Waals surface area contributed by atoms with Gasteiger partial charge in [-0.05, 0) is 34.5 Å². The first-order valence-electron chi connectivity index (χ1n) is 10.4. The first-order valence-corrected chi connectivity index (χ1v) is 10.4. The van der Waals surface area contributed by atoms with Crippen LogP contribution in [0.15, 0.2) is 91.0 Å². The molecule has 1 N–H and O–H groups in total. The van der Waals surface area contributed by atoms with Crippen LogP contribution in [0.5, 0.6) is 0 Å². The van der Waals surface area contributed by atoms with Crippen molar-refractivity contribution in [3.8, 4) is 0 Å². The minimum atomic E-state index is -1.97. The number of Topliss-reactive ketones (excluding diaryl/α,β-unsaturated/α-hetero) is 1. The van der Waals surface area contributed by atoms with Gasteiger partial charge in [-0.3, -0.25) is 9.59 Å². The van der Waals surface area contributed by atoms with E-state index in [1.807, 2.05) is 30.3 Å². The van der Waals surface area contributed by atoms with E-state index in [9.17, 15) is 19.1 Å². The van der Waals surface area contributed by atoms with Crippen molar-refractivity contribution in [2.45, 2.75) is 18.6 Å². The van der Waals surface area contributed by atoms with Crippen LogP contribution >= 0.6 is 0 Å². The number of carbonyl (C=O) groups is 2. The molecule has 0 saturated heterocycles. The molecule has 5 rings (SSSR count). The summed E-state index contributed by atoms with van der Waals surface area (Å²) >= 11 is 0. The highest BCUT2D eigenvalue weighted by atomic mass is 19.1. The third-order valence-electron chi connectivity index (χ3n) is 6.00. The lowest BCUT2D eigenvalue weighted by molar-refractivity contribution is -0.136. The number of amides is 1. The number of fused-ring (bicyclic) bond motifs is 2. The van der Waals surface area contributed by atoms with Crippen LogP contribution in [-0.4, -0.2) is 16.8 Å². The molecule has 0 fully saturated rings. The molecule has 0 saturated carbocycles. The van der Waals surface area contributed by atoms with Crippen molar-refractivity contribution in [3.63, 3.8) is 0 Å². The maximum absolute atomic E-state index is 13.4. The Morgan fingerprint density at radius 1 is 0.875 bits per heavy atom. The third kappa shape index (κ3) is 3.27. The van der Waals surface area contributed by atoms with Crippen molar-refractivity contribution in [1.82, 2.24) is 0 Å². The zero-order valence-corrected chi connectivity index (χ0v) is 17.2. The van der Waals surface area contributed by atoms with Gasteiger partial charge in [0.15, 0.2) is 11.4 Å². The van der Waals surface area contributed by atoms with Crippen LogP contribution in [0.4, 0.5) is 10.1 Å². The highest BCUT2D eigenvalue weighted by Crippen LogP contribution is 2.43. The number of halogens is 1. The van der Waals surface area contributed by atoms with Crippen LogP contribution in [0.1, 0.15) is 27.9 Å². The second kappa shape index (κ2) is 7.70. The van der Waals surface area contributed by atoms with Gasteiger partial charge in [0, 0.05) is 11.1 Å². The Labute approximate surface area is 184 Å². The molecule has 0 aromatic heterocycles. The maximum atomic E-state index is 13.4. The fraction of sp³-hybridized carbons (Fsp3) is 0.111. The summed E-state index contributed by atoms with van der Waals surface area (Å²) in [6, 6.07) is 25.8. The SMILES string of the molecule is O=C(CC1(O)C(=O)N(Cc2ccc(F)cc2)c2ccccc21)c1cccc2ccccc12. The Hall–Kier alpha value is -3.83. The molecule has 1 aliphatic heterocycles. The number of hydrogen-bond donors (Lipinski definition) is 1. The van der Waals surface area contributed by atoms with Gasteiger partial charge in [0.1, 0.15) is 5.82 Å². The molecule has 1 heterocycles. The van der Waals surface area contributed by atoms with Gasteiger partial charge >= 0.3 is 0 Å². The number of carbonyl (C=O) groups excluding carboxylic acids is 2. The Bertz CT molecular complexity index is 1340. The minimum Gasteiger partial charge on any atom is -0.375 e. The molecule has 1 atom stereocenters. The lowest BCUT2D eigenvalue weighted by Gasteiger charge is -2.23. The van der Waals surface area contributed by atoms with E-state index in [1.54, 1.807) is 48.5 Å². The highest BCUT2D eigenvalue weighted by molar-refractivity contribution is 6.13. The van der Waals surface area contributed by atoms with Crippen LogP contribution in [0.2, 0.25) is 0 Å². The quantitative estimate of drug-likeness (QED) is 0.459. The predicted molar refractivity (Wildman–Crippen MR) is 121 cm³/mol. The van der Waals surface area contributed by atoms with E-state index in [1.165, 1.54) is 17.0 Å². The smallest absolute Gasteiger partial charge is 0.264 e. The molecule has 4 aromatic carbocycles. The van der Waals surface area contributed by atoms with Gasteiger partial charge in [0.2, 0.25) is 0 Å². The predicted octanol–water partition coefficient (Wildman–Crippen LogP) is 4.99. The van der Waals surface area contributed by atoms with Crippen LogP contribution < -0.4 is 4.90 Å². The second-order valence-corrected chi connectivity index (χ2v) is 8.02. The molecule has 5 heteroatoms. The first kappa shape index (κ1) is 20.1. The minimum absolute atomic E-state index is 0.168. The van der Waals surface area contributed by atoms with Crippen molar-refractivity contribution in [2.24, 2.45) is 0 Å². The van der Waals surface area contributed by atoms with Crippen molar-refractivity contribution in [3.05, 3.63) is 114 Å². The molecule has 158 valence electrons. The third-order valence-corrected chi connectivity index (χ3v) is 6.00. The number of anilines is 1. The highest BCUT2D eigenvalue weighted by Gasteiger charge is 2.50. The first-order chi connectivity index (χ1) is 15.5. The summed E-state index contributed by atoms with van der Waals surface area (Å²) in [5, 5.41) is 13.2. The molecular formula is C27H20FNO3. The lowest BCUT2D eigenvalue weighted by atomic mass is 9.87. The largest absolute Gasteiger partial charge is 0.375 e. The monoisotopic (exact) mass is 425 g/mol. The van der Waals surface area contributed by atoms with Crippen molar-refractivity contribution >= 4 is 28.2 Å². The number of para-hydroxylation sites is 1. The number of rotatable bonds is 5. The van der Waals surface area contributed by atoms with Gasteiger partial charge in [-0.2, -0.15) is 0 Å². The number of ketones is 1. The maximum Gasteiger partial charge on any atom is 0.264 e. The standard InChI is InChI=1S/C27H20FNO3/c28-20-14-12-18(13-15-20)17-29-24-11-4-3-10-23(24)27(32,26(29)31)16-25(30)22-9-5-7-19-6-1-2-8-21(19)22/h1-15,32H,16-17H2. The van der Waals surface area contributed by atoms with Gasteiger partial charge in [-0.1, -0.05) is 72.8 Å². The second-order valence-electron chi connectivity index (χ2n) is 8.02. The van der Waals surface area contributed by atoms with Crippen LogP contribution in [0.3, 0.4) is 0 Å². The Morgan fingerprint density at radius 3 is 2.38 bits per heavy atom. The molecule has 4 nitrogen and oxygen atoms in total. The van der Waals surface area contributed by atoms with Crippen LogP contribution in [-0.2, 0) is 16.9 Å². The van der Waals surface area contributed by atoms with E-state index in [4.69, 9.17) is 0 Å². The zero-order valence-electron chi connectivity index (χ0n) is 17.2. The number of aliphatic hydroxyl groups is 1. The van der Waals surface area contributed by atoms with E-state index in [0.717, 1.165) is 16.3 Å². The molecule has 1 aliphatic rings. The average molecular weight is 425 g/mol. The molecule has 4 aromatic rings. The summed E-state index contributed by atoms with van der Waals surface area (Å²) in [6.45, 7) is 0.168. The summed E-state index contributed by atoms with van der Waals surface area (Å²) in [7, 11) is 0. The fourth-order valence-electron chi connectivity index (χ4n) is 4.40. The van der Waals surface area contributed by atoms with Gasteiger partial charge in [-0.15, -0.1) is 0 Å². The molecular weight excluding hydrogens is 405 g/mol. The summed E-state index contributed by atoms with van der Waals surface area (Å²) in [4.78, 5) is 28.2. The number of benzene rings is 4. The van der Waals surface area contributed by atoms with Crippen molar-refractivity contribution in [2.75, 3.05) is 4.90 Å². The average Bonchev–Trinajstić information content (AvgIpc) is 3.02. The van der Waals surface area contributed by atoms with E-state index >= 15 is 0 Å². The lowest BCUT2D eigenvalue weighted by Crippen LogP contribution is -2.41. The Morgan fingerprint density at radius 2 is 1.56 bits per heavy atom. The normalized spacial score (nSPS) is 17.6. The van der Waals surface area contributed by atoms with E-state index in [2.05, 4.69) is 0 Å². The number of hydrogen-bond acceptors (Lipinski definition) is 3. The van der Waals surface area contributed by atoms with Crippen LogP contribution in [0, 0.1) is 5.82 Å². The summed E-state index contributed by atoms with van der Waals surface area (Å²) < 4.78 is 13.3. The molecule has 1 unspecified atom stereocenters. The topological polar surface area (TPSA) is 57.6 Å². The van der Waals surface area contributed by atoms with E-state index in [-0.39, 0.29) is 24.6 Å². The van der Waals surface area contributed by atoms with E-state index < -0.39 is 11.5 Å². The Kier molecular flexibility index (Phi) is 4.83. The molecule has 0 bridgehead atoms. The summed E-state index contributed by atoms with van der Waals surface area (Å²) in [5.74, 6) is -1.23. The summed E-state index contributed by atoms with van der Waals surface area (Å²) in [5.41, 5.74) is 0.179. The zero-order chi connectivity index (χ0) is 22.3. The molecule has 32 heavy (non-hydrogen) atoms. The van der Waals surface area contributed by atoms with E-state index in [0.29, 0.717) is 16.8 Å². The van der Waals surface area contributed by atoms with Gasteiger partial charge in [-0.25, -0.2) is 4.39 Å².